The summed E-state index contributed by atoms with van der Waals surface area (Å²) in [6, 6.07) is 3.70. The van der Waals surface area contributed by atoms with Crippen molar-refractivity contribution in [1.82, 2.24) is 10.3 Å². The first-order chi connectivity index (χ1) is 13.8. The second-order valence-corrected chi connectivity index (χ2v) is 8.41. The van der Waals surface area contributed by atoms with Gasteiger partial charge in [0.15, 0.2) is 0 Å². The Kier molecular flexibility index (Phi) is 8.54. The van der Waals surface area contributed by atoms with Crippen molar-refractivity contribution in [3.63, 3.8) is 0 Å². The number of hydrogen-bond donors (Lipinski definition) is 1. The number of amides is 2. The van der Waals surface area contributed by atoms with Crippen molar-refractivity contribution in [2.75, 3.05) is 0 Å². The van der Waals surface area contributed by atoms with Crippen LogP contribution in [0.25, 0.3) is 5.57 Å². The molecule has 1 fully saturated rings. The topological polar surface area (TPSA) is 59.1 Å². The zero-order valence-corrected chi connectivity index (χ0v) is 18.3. The summed E-state index contributed by atoms with van der Waals surface area (Å²) in [5.74, 6) is -0.534. The maximum atomic E-state index is 15.2. The molecule has 2 rings (SSSR count). The van der Waals surface area contributed by atoms with Gasteiger partial charge < -0.3 is 0 Å². The zero-order valence-electron chi connectivity index (χ0n) is 18.3. The summed E-state index contributed by atoms with van der Waals surface area (Å²) in [4.78, 5) is 28.0. The number of pyridine rings is 1. The molecule has 1 N–H and O–H groups in total. The first-order valence-electron chi connectivity index (χ1n) is 10.9. The molecule has 0 saturated carbocycles. The van der Waals surface area contributed by atoms with Crippen LogP contribution in [-0.2, 0) is 9.59 Å². The molecular formula is C24H35FN2O2. The van der Waals surface area contributed by atoms with Crippen molar-refractivity contribution < 1.29 is 14.0 Å². The molecule has 1 aromatic rings. The van der Waals surface area contributed by atoms with Gasteiger partial charge in [0.25, 0.3) is 0 Å². The lowest BCUT2D eigenvalue weighted by Crippen LogP contribution is -2.39. The first kappa shape index (κ1) is 23.2. The number of piperidine rings is 1. The molecule has 1 aliphatic heterocycles. The predicted octanol–water partition coefficient (Wildman–Crippen LogP) is 5.50. The molecule has 1 aliphatic rings. The molecule has 29 heavy (non-hydrogen) atoms. The van der Waals surface area contributed by atoms with Crippen LogP contribution in [-0.4, -0.2) is 23.0 Å². The van der Waals surface area contributed by atoms with Gasteiger partial charge in [0, 0.05) is 18.5 Å². The summed E-state index contributed by atoms with van der Waals surface area (Å²) >= 11 is 0. The second-order valence-electron chi connectivity index (χ2n) is 8.41. The number of allylic oxidation sites excluding steroid dienone is 1. The molecule has 0 radical (unpaired) electrons. The highest BCUT2D eigenvalue weighted by atomic mass is 19.1. The van der Waals surface area contributed by atoms with E-state index in [1.807, 2.05) is 19.1 Å². The maximum absolute atomic E-state index is 15.2. The van der Waals surface area contributed by atoms with Crippen LogP contribution >= 0.6 is 0 Å². The highest BCUT2D eigenvalue weighted by Crippen LogP contribution is 2.33. The minimum absolute atomic E-state index is 0.0488. The van der Waals surface area contributed by atoms with Crippen molar-refractivity contribution in [1.29, 1.82) is 0 Å². The van der Waals surface area contributed by atoms with Gasteiger partial charge >= 0.3 is 0 Å². The minimum Gasteiger partial charge on any atom is -0.296 e. The lowest BCUT2D eigenvalue weighted by atomic mass is 9.81. The van der Waals surface area contributed by atoms with E-state index in [0.29, 0.717) is 30.9 Å². The van der Waals surface area contributed by atoms with E-state index in [1.54, 1.807) is 0 Å². The van der Waals surface area contributed by atoms with Crippen LogP contribution in [0, 0.1) is 18.8 Å². The molecule has 2 heterocycles. The Hall–Kier alpha value is -2.04. The van der Waals surface area contributed by atoms with Crippen LogP contribution in [0.15, 0.2) is 18.7 Å². The molecular weight excluding hydrogens is 367 g/mol. The molecule has 5 heteroatoms. The fourth-order valence-corrected chi connectivity index (χ4v) is 4.45. The highest BCUT2D eigenvalue weighted by Gasteiger charge is 2.30. The Balaban J connectivity index is 2.10. The van der Waals surface area contributed by atoms with Crippen LogP contribution in [0.2, 0.25) is 0 Å². The fourth-order valence-electron chi connectivity index (χ4n) is 4.45. The van der Waals surface area contributed by atoms with Crippen LogP contribution < -0.4 is 5.32 Å². The van der Waals surface area contributed by atoms with E-state index in [4.69, 9.17) is 0 Å². The lowest BCUT2D eigenvalue weighted by molar-refractivity contribution is -0.134. The molecule has 1 aromatic heterocycles. The van der Waals surface area contributed by atoms with E-state index in [-0.39, 0.29) is 17.7 Å². The molecule has 1 saturated heterocycles. The van der Waals surface area contributed by atoms with Crippen molar-refractivity contribution >= 4 is 17.4 Å². The van der Waals surface area contributed by atoms with E-state index >= 15 is 4.39 Å². The standard InChI is InChI=1S/C24H35FN2O2/c1-6-8-15(3)19(9-7-2)21(25)14-16(4)18-10-12-22(26-17(18)5)20-11-13-23(28)27-24(20)29/h10,12,15,19-21H,4,6-9,11,13-14H2,1-3,5H3,(H,27,28,29)/t15?,19-,20?,21+/m1/s1. The number of rotatable bonds is 10. The van der Waals surface area contributed by atoms with Gasteiger partial charge in [-0.2, -0.15) is 0 Å². The summed E-state index contributed by atoms with van der Waals surface area (Å²) in [5, 5.41) is 2.37. The Morgan fingerprint density at radius 1 is 1.28 bits per heavy atom. The van der Waals surface area contributed by atoms with Gasteiger partial charge in [-0.25, -0.2) is 4.39 Å². The summed E-state index contributed by atoms with van der Waals surface area (Å²) in [7, 11) is 0. The summed E-state index contributed by atoms with van der Waals surface area (Å²) < 4.78 is 15.2. The Morgan fingerprint density at radius 2 is 1.97 bits per heavy atom. The SMILES string of the molecule is C=C(C[C@H](F)[C@H](CCC)C(C)CCC)c1ccc(C2CCC(=O)NC2=O)nc1C. The van der Waals surface area contributed by atoms with Crippen LogP contribution in [0.5, 0.6) is 0 Å². The zero-order chi connectivity index (χ0) is 21.6. The van der Waals surface area contributed by atoms with Crippen molar-refractivity contribution in [3.05, 3.63) is 35.7 Å². The third kappa shape index (κ3) is 5.97. The quantitative estimate of drug-likeness (QED) is 0.525. The van der Waals surface area contributed by atoms with Gasteiger partial charge in [0.1, 0.15) is 6.17 Å². The fraction of sp³-hybridized carbons (Fsp3) is 0.625. The minimum atomic E-state index is -0.918. The van der Waals surface area contributed by atoms with E-state index in [2.05, 4.69) is 37.7 Å². The van der Waals surface area contributed by atoms with Gasteiger partial charge in [0.2, 0.25) is 11.8 Å². The normalized spacial score (nSPS) is 20.1. The number of alkyl halides is 1. The first-order valence-corrected chi connectivity index (χ1v) is 10.9. The second kappa shape index (κ2) is 10.7. The summed E-state index contributed by atoms with van der Waals surface area (Å²) in [6.45, 7) is 12.4. The molecule has 4 atom stereocenters. The summed E-state index contributed by atoms with van der Waals surface area (Å²) in [6.07, 6.45) is 4.16. The van der Waals surface area contributed by atoms with Crippen molar-refractivity contribution in [3.8, 4) is 0 Å². The highest BCUT2D eigenvalue weighted by molar-refractivity contribution is 6.00. The van der Waals surface area contributed by atoms with Crippen molar-refractivity contribution in [2.45, 2.75) is 84.7 Å². The van der Waals surface area contributed by atoms with Gasteiger partial charge in [-0.05, 0) is 48.8 Å². The number of carbonyl (C=O) groups is 2. The largest absolute Gasteiger partial charge is 0.296 e. The number of aryl methyl sites for hydroxylation is 1. The molecule has 0 bridgehead atoms. The lowest BCUT2D eigenvalue weighted by Gasteiger charge is -2.27. The maximum Gasteiger partial charge on any atom is 0.235 e. The molecule has 2 amide bonds. The Bertz CT molecular complexity index is 746. The molecule has 160 valence electrons. The third-order valence-electron chi connectivity index (χ3n) is 6.09. The van der Waals surface area contributed by atoms with E-state index in [0.717, 1.165) is 42.5 Å². The van der Waals surface area contributed by atoms with E-state index in [9.17, 15) is 9.59 Å². The molecule has 2 unspecified atom stereocenters. The number of nitrogens with zero attached hydrogens (tertiary/aromatic N) is 1. The number of hydrogen-bond acceptors (Lipinski definition) is 3. The molecule has 4 nitrogen and oxygen atoms in total. The van der Waals surface area contributed by atoms with Gasteiger partial charge in [-0.3, -0.25) is 19.9 Å². The number of imide groups is 1. The van der Waals surface area contributed by atoms with E-state index in [1.165, 1.54) is 0 Å². The van der Waals surface area contributed by atoms with Crippen LogP contribution in [0.3, 0.4) is 0 Å². The van der Waals surface area contributed by atoms with E-state index < -0.39 is 12.1 Å². The average molecular weight is 403 g/mol. The molecule has 0 aliphatic carbocycles. The molecule has 0 spiro atoms. The number of aromatic nitrogens is 1. The number of nitrogens with one attached hydrogen (secondary N) is 1. The summed E-state index contributed by atoms with van der Waals surface area (Å²) in [5.41, 5.74) is 3.00. The molecule has 0 aromatic carbocycles. The Labute approximate surface area is 174 Å². The number of halogens is 1. The van der Waals surface area contributed by atoms with Crippen LogP contribution in [0.1, 0.15) is 88.6 Å². The van der Waals surface area contributed by atoms with Crippen molar-refractivity contribution in [2.24, 2.45) is 11.8 Å². The monoisotopic (exact) mass is 402 g/mol. The Morgan fingerprint density at radius 3 is 2.55 bits per heavy atom. The number of carbonyl (C=O) groups excluding carboxylic acids is 2. The van der Waals surface area contributed by atoms with Gasteiger partial charge in [-0.15, -0.1) is 0 Å². The predicted molar refractivity (Wildman–Crippen MR) is 115 cm³/mol. The van der Waals surface area contributed by atoms with Gasteiger partial charge in [-0.1, -0.05) is 52.7 Å². The van der Waals surface area contributed by atoms with Crippen LogP contribution in [0.4, 0.5) is 4.39 Å². The average Bonchev–Trinajstić information content (AvgIpc) is 2.65. The van der Waals surface area contributed by atoms with Gasteiger partial charge in [0.05, 0.1) is 11.6 Å². The smallest absolute Gasteiger partial charge is 0.235 e. The third-order valence-corrected chi connectivity index (χ3v) is 6.09.